The van der Waals surface area contributed by atoms with E-state index in [9.17, 15) is 4.79 Å². The Balaban J connectivity index is 2.03. The summed E-state index contributed by atoms with van der Waals surface area (Å²) in [6, 6.07) is 7.96. The van der Waals surface area contributed by atoms with E-state index in [0.717, 1.165) is 17.9 Å². The first-order chi connectivity index (χ1) is 8.54. The highest BCUT2D eigenvalue weighted by Crippen LogP contribution is 2.22. The number of likely N-dealkylation sites (tertiary alicyclic amines) is 1. The average molecular weight is 312 g/mol. The van der Waals surface area contributed by atoms with Crippen LogP contribution in [-0.2, 0) is 11.3 Å². The summed E-state index contributed by atoms with van der Waals surface area (Å²) in [7, 11) is 0. The Morgan fingerprint density at radius 3 is 2.89 bits per heavy atom. The molecule has 0 N–H and O–H groups in total. The molecule has 1 aliphatic rings. The SMILES string of the molecule is CC(C)Oc1cccc(CN2CC(Br)CC2=O)c1. The van der Waals surface area contributed by atoms with E-state index in [0.29, 0.717) is 17.8 Å². The lowest BCUT2D eigenvalue weighted by Gasteiger charge is -2.17. The van der Waals surface area contributed by atoms with Gasteiger partial charge in [0.1, 0.15) is 5.75 Å². The van der Waals surface area contributed by atoms with E-state index < -0.39 is 0 Å². The summed E-state index contributed by atoms with van der Waals surface area (Å²) >= 11 is 3.49. The Kier molecular flexibility index (Phi) is 4.27. The van der Waals surface area contributed by atoms with Crippen molar-refractivity contribution in [1.82, 2.24) is 4.90 Å². The molecule has 0 bridgehead atoms. The van der Waals surface area contributed by atoms with Gasteiger partial charge in [-0.3, -0.25) is 4.79 Å². The Hall–Kier alpha value is -1.03. The molecule has 4 heteroatoms. The van der Waals surface area contributed by atoms with Crippen molar-refractivity contribution in [1.29, 1.82) is 0 Å². The van der Waals surface area contributed by atoms with Crippen molar-refractivity contribution in [2.75, 3.05) is 6.54 Å². The number of hydrogen-bond acceptors (Lipinski definition) is 2. The Morgan fingerprint density at radius 1 is 1.50 bits per heavy atom. The second kappa shape index (κ2) is 5.74. The molecule has 0 radical (unpaired) electrons. The summed E-state index contributed by atoms with van der Waals surface area (Å²) in [5.74, 6) is 1.08. The third-order valence-corrected chi connectivity index (χ3v) is 3.42. The van der Waals surface area contributed by atoms with Gasteiger partial charge in [0, 0.05) is 24.3 Å². The summed E-state index contributed by atoms with van der Waals surface area (Å²) in [5.41, 5.74) is 1.11. The maximum absolute atomic E-state index is 11.7. The van der Waals surface area contributed by atoms with Crippen molar-refractivity contribution in [3.05, 3.63) is 29.8 Å². The average Bonchev–Trinajstić information content (AvgIpc) is 2.57. The number of carbonyl (C=O) groups is 1. The van der Waals surface area contributed by atoms with Crippen molar-refractivity contribution in [3.8, 4) is 5.75 Å². The number of halogens is 1. The van der Waals surface area contributed by atoms with E-state index >= 15 is 0 Å². The molecule has 2 rings (SSSR count). The van der Waals surface area contributed by atoms with Crippen LogP contribution in [0.2, 0.25) is 0 Å². The minimum Gasteiger partial charge on any atom is -0.491 e. The van der Waals surface area contributed by atoms with Crippen LogP contribution in [0.4, 0.5) is 0 Å². The van der Waals surface area contributed by atoms with Gasteiger partial charge in [-0.05, 0) is 31.5 Å². The summed E-state index contributed by atoms with van der Waals surface area (Å²) in [5, 5.41) is 0. The maximum atomic E-state index is 11.7. The van der Waals surface area contributed by atoms with Crippen LogP contribution in [0.15, 0.2) is 24.3 Å². The van der Waals surface area contributed by atoms with Gasteiger partial charge < -0.3 is 9.64 Å². The lowest BCUT2D eigenvalue weighted by Crippen LogP contribution is -2.24. The molecule has 0 aliphatic carbocycles. The number of alkyl halides is 1. The van der Waals surface area contributed by atoms with Gasteiger partial charge in [-0.2, -0.15) is 0 Å². The first-order valence-electron chi connectivity index (χ1n) is 6.22. The first-order valence-corrected chi connectivity index (χ1v) is 7.13. The second-order valence-electron chi connectivity index (χ2n) is 4.89. The van der Waals surface area contributed by atoms with Gasteiger partial charge in [-0.25, -0.2) is 0 Å². The highest BCUT2D eigenvalue weighted by Gasteiger charge is 2.27. The zero-order valence-electron chi connectivity index (χ0n) is 10.7. The largest absolute Gasteiger partial charge is 0.491 e. The summed E-state index contributed by atoms with van der Waals surface area (Å²) in [6.07, 6.45) is 0.767. The summed E-state index contributed by atoms with van der Waals surface area (Å²) in [6.45, 7) is 5.46. The molecule has 1 atom stereocenters. The van der Waals surface area contributed by atoms with E-state index in [1.807, 2.05) is 43.0 Å². The van der Waals surface area contributed by atoms with Crippen LogP contribution in [0.3, 0.4) is 0 Å². The molecule has 1 aromatic carbocycles. The first kappa shape index (κ1) is 13.4. The Morgan fingerprint density at radius 2 is 2.28 bits per heavy atom. The summed E-state index contributed by atoms with van der Waals surface area (Å²) in [4.78, 5) is 13.9. The van der Waals surface area contributed by atoms with Crippen molar-refractivity contribution in [2.24, 2.45) is 0 Å². The molecule has 18 heavy (non-hydrogen) atoms. The molecule has 0 saturated carbocycles. The van der Waals surface area contributed by atoms with Gasteiger partial charge in [0.15, 0.2) is 0 Å². The molecule has 98 valence electrons. The fourth-order valence-corrected chi connectivity index (χ4v) is 2.71. The van der Waals surface area contributed by atoms with Crippen molar-refractivity contribution in [2.45, 2.75) is 37.7 Å². The molecular formula is C14H18BrNO2. The van der Waals surface area contributed by atoms with Crippen LogP contribution in [0.1, 0.15) is 25.8 Å². The predicted octanol–water partition coefficient (Wildman–Crippen LogP) is 2.97. The van der Waals surface area contributed by atoms with Gasteiger partial charge >= 0.3 is 0 Å². The topological polar surface area (TPSA) is 29.5 Å². The summed E-state index contributed by atoms with van der Waals surface area (Å²) < 4.78 is 5.65. The number of benzene rings is 1. The quantitative estimate of drug-likeness (QED) is 0.800. The van der Waals surface area contributed by atoms with Crippen molar-refractivity contribution in [3.63, 3.8) is 0 Å². The van der Waals surface area contributed by atoms with Gasteiger partial charge in [0.25, 0.3) is 0 Å². The molecule has 1 heterocycles. The lowest BCUT2D eigenvalue weighted by atomic mass is 10.2. The minimum atomic E-state index is 0.167. The minimum absolute atomic E-state index is 0.167. The zero-order valence-corrected chi connectivity index (χ0v) is 12.3. The highest BCUT2D eigenvalue weighted by atomic mass is 79.9. The highest BCUT2D eigenvalue weighted by molar-refractivity contribution is 9.09. The molecule has 1 fully saturated rings. The number of carbonyl (C=O) groups excluding carboxylic acids is 1. The fraction of sp³-hybridized carbons (Fsp3) is 0.500. The van der Waals surface area contributed by atoms with E-state index in [-0.39, 0.29) is 12.0 Å². The third-order valence-electron chi connectivity index (χ3n) is 2.81. The molecule has 0 aromatic heterocycles. The third kappa shape index (κ3) is 3.48. The molecule has 1 aromatic rings. The number of hydrogen-bond donors (Lipinski definition) is 0. The van der Waals surface area contributed by atoms with E-state index in [4.69, 9.17) is 4.74 Å². The van der Waals surface area contributed by atoms with E-state index in [1.54, 1.807) is 0 Å². The van der Waals surface area contributed by atoms with Gasteiger partial charge in [-0.1, -0.05) is 28.1 Å². The number of ether oxygens (including phenoxy) is 1. The van der Waals surface area contributed by atoms with Crippen LogP contribution in [0.25, 0.3) is 0 Å². The van der Waals surface area contributed by atoms with Crippen molar-refractivity contribution < 1.29 is 9.53 Å². The number of rotatable bonds is 4. The number of amides is 1. The molecular weight excluding hydrogens is 294 g/mol. The molecule has 1 amide bonds. The van der Waals surface area contributed by atoms with Crippen LogP contribution in [-0.4, -0.2) is 28.3 Å². The van der Waals surface area contributed by atoms with E-state index in [2.05, 4.69) is 15.9 Å². The molecule has 1 aliphatic heterocycles. The van der Waals surface area contributed by atoms with Crippen LogP contribution in [0.5, 0.6) is 5.75 Å². The maximum Gasteiger partial charge on any atom is 0.224 e. The predicted molar refractivity (Wildman–Crippen MR) is 75.0 cm³/mol. The normalized spacial score (nSPS) is 19.7. The second-order valence-corrected chi connectivity index (χ2v) is 6.18. The molecule has 3 nitrogen and oxygen atoms in total. The van der Waals surface area contributed by atoms with Gasteiger partial charge in [0.05, 0.1) is 6.10 Å². The standard InChI is InChI=1S/C14H18BrNO2/c1-10(2)18-13-5-3-4-11(6-13)8-16-9-12(15)7-14(16)17/h3-6,10,12H,7-9H2,1-2H3. The van der Waals surface area contributed by atoms with Crippen molar-refractivity contribution >= 4 is 21.8 Å². The molecule has 1 unspecified atom stereocenters. The van der Waals surface area contributed by atoms with Crippen LogP contribution < -0.4 is 4.74 Å². The van der Waals surface area contributed by atoms with Crippen LogP contribution >= 0.6 is 15.9 Å². The lowest BCUT2D eigenvalue weighted by molar-refractivity contribution is -0.128. The monoisotopic (exact) mass is 311 g/mol. The van der Waals surface area contributed by atoms with Gasteiger partial charge in [-0.15, -0.1) is 0 Å². The number of nitrogens with zero attached hydrogens (tertiary/aromatic N) is 1. The van der Waals surface area contributed by atoms with E-state index in [1.165, 1.54) is 0 Å². The Labute approximate surface area is 116 Å². The fourth-order valence-electron chi connectivity index (χ4n) is 2.09. The van der Waals surface area contributed by atoms with Gasteiger partial charge in [0.2, 0.25) is 5.91 Å². The smallest absolute Gasteiger partial charge is 0.224 e. The Bertz CT molecular complexity index is 434. The zero-order chi connectivity index (χ0) is 13.1. The molecule has 1 saturated heterocycles. The molecule has 0 spiro atoms. The van der Waals surface area contributed by atoms with Crippen LogP contribution in [0, 0.1) is 0 Å².